The standard InChI is InChI=1S/C66H90BrNO13.C46H51NO12.C6H12O.CH4/c1-8-9-10-11-12-13-14-15-16-17-18-19-20-21-22-32-39-76-53(42-67)79-56(55(47-33-26-23-27-34-47)68-60(72)48-35-28-24-29-36-48)62(74)78-50-41-66(75)59(80-61(73)49-37-30-25-31-38-49)57-64(7,58(71)45(3)54(44(50)2)63(66,5)6)51(70)40-52-65(57,43-77-52)81-46(4)69;1-25-31(57-42(54)36(50)35(28-16-10-7-11-17-28)47-40(52)29-18-12-8-13-19-29)23-46(55)39(58-41(53)30-20-14-9-15-21-30)37-44(6,38(51)26(2)34(25)43(46,4)5)32(49)22-33-45(37,24-56-33)59-27(3)48;1-3-5-6-7-4-2;/h23-31,33-38,45,50-53,55-57,59,70,75H,8-22,32,39-43H2,1-7H3,(H,68,72);7-21,26,31-33,35-37,39,49-50,55H,22-24H2,1-6H3,(H,47,52);4H,2-3,5-6H2,1H3;1H4/t45-,50+,51+,52-,53?,55+,56-,57+,59+,64-,65+,66-;26-,31+,32+,33-,35+,36-,37+,39+,44-,45+,46-;;/m11../s1. The van der Waals surface area contributed by atoms with Crippen molar-refractivity contribution in [1.29, 1.82) is 0 Å². The van der Waals surface area contributed by atoms with E-state index in [4.69, 9.17) is 52.1 Å². The van der Waals surface area contributed by atoms with Crippen LogP contribution in [0.2, 0.25) is 0 Å². The molecular formula is C119H157BrN2O26. The first-order valence-electron chi connectivity index (χ1n) is 52.6. The Hall–Kier alpha value is -10.4. The van der Waals surface area contributed by atoms with Gasteiger partial charge in [0.25, 0.3) is 11.8 Å². The number of carbonyl (C=O) groups is 10. The largest absolute Gasteiger partial charge is 0.502 e. The van der Waals surface area contributed by atoms with Crippen molar-refractivity contribution >= 4 is 75.1 Å². The summed E-state index contributed by atoms with van der Waals surface area (Å²) in [6.07, 6.45) is 7.65. The number of ether oxygens (including phenoxy) is 11. The zero-order valence-corrected chi connectivity index (χ0v) is 89.3. The molecule has 6 aromatic carbocycles. The quantitative estimate of drug-likeness (QED) is 0.00355. The van der Waals surface area contributed by atoms with Gasteiger partial charge in [-0.05, 0) is 122 Å². The van der Waals surface area contributed by atoms with Crippen LogP contribution in [0, 0.1) is 45.3 Å². The smallest absolute Gasteiger partial charge is 0.338 e. The first kappa shape index (κ1) is 118. The maximum atomic E-state index is 15.6. The average Bonchev–Trinajstić information content (AvgIpc) is 0.670. The second-order valence-corrected chi connectivity index (χ2v) is 43.1. The molecule has 8 aliphatic rings. The molecule has 23 atom stereocenters. The number of unbranched alkanes of at least 4 members (excludes halogenated alkanes) is 16. The molecule has 2 amide bonds. The number of amides is 2. The van der Waals surface area contributed by atoms with E-state index in [2.05, 4.69) is 47.0 Å². The van der Waals surface area contributed by atoms with Crippen LogP contribution < -0.4 is 10.6 Å². The van der Waals surface area contributed by atoms with E-state index in [0.29, 0.717) is 51.2 Å². The summed E-state index contributed by atoms with van der Waals surface area (Å²) in [7, 11) is 0. The summed E-state index contributed by atoms with van der Waals surface area (Å²) in [4.78, 5) is 143. The Morgan fingerprint density at radius 3 is 1.16 bits per heavy atom. The zero-order chi connectivity index (χ0) is 107. The molecular weight excluding hydrogens is 1950 g/mol. The van der Waals surface area contributed by atoms with Crippen molar-refractivity contribution in [3.05, 3.63) is 251 Å². The van der Waals surface area contributed by atoms with Gasteiger partial charge in [-0.2, -0.15) is 0 Å². The van der Waals surface area contributed by atoms with E-state index < -0.39 is 213 Å². The minimum Gasteiger partial charge on any atom is -0.502 e. The highest BCUT2D eigenvalue weighted by Gasteiger charge is 2.80. The van der Waals surface area contributed by atoms with Gasteiger partial charge >= 0.3 is 35.8 Å². The van der Waals surface area contributed by atoms with E-state index in [0.717, 1.165) is 38.7 Å². The highest BCUT2D eigenvalue weighted by Crippen LogP contribution is 2.68. The lowest BCUT2D eigenvalue weighted by Crippen LogP contribution is -2.81. The molecule has 6 fully saturated rings. The molecule has 0 radical (unpaired) electrons. The molecule has 6 aromatic rings. The molecule has 29 heteroatoms. The van der Waals surface area contributed by atoms with Crippen LogP contribution in [0.25, 0.3) is 0 Å². The van der Waals surface area contributed by atoms with Crippen LogP contribution in [0.5, 0.6) is 0 Å². The van der Waals surface area contributed by atoms with E-state index >= 15 is 14.4 Å². The third-order valence-corrected chi connectivity index (χ3v) is 33.0. The van der Waals surface area contributed by atoms with Gasteiger partial charge in [0, 0.05) is 79.9 Å². The molecule has 4 bridgehead atoms. The number of esters is 6. The number of aliphatic hydroxyl groups is 5. The maximum absolute atomic E-state index is 15.6. The maximum Gasteiger partial charge on any atom is 0.338 e. The Morgan fingerprint density at radius 2 is 0.811 bits per heavy atom. The molecule has 1 unspecified atom stereocenters. The van der Waals surface area contributed by atoms with Gasteiger partial charge < -0.3 is 88.3 Å². The normalized spacial score (nSPS) is 28.7. The number of nitrogens with one attached hydrogen (secondary N) is 2. The summed E-state index contributed by atoms with van der Waals surface area (Å²) in [5.74, 6) is -11.8. The second kappa shape index (κ2) is 52.1. The van der Waals surface area contributed by atoms with Gasteiger partial charge in [0.15, 0.2) is 29.7 Å². The van der Waals surface area contributed by atoms with Crippen molar-refractivity contribution in [2.45, 2.75) is 347 Å². The predicted molar refractivity (Wildman–Crippen MR) is 562 cm³/mol. The molecule has 28 nitrogen and oxygen atoms in total. The summed E-state index contributed by atoms with van der Waals surface area (Å²) in [6.45, 7) is 27.9. The van der Waals surface area contributed by atoms with Crippen LogP contribution in [0.15, 0.2) is 217 Å². The summed E-state index contributed by atoms with van der Waals surface area (Å²) >= 11 is 3.58. The number of carbonyl (C=O) groups excluding carboxylic acids is 10. The molecule has 2 saturated heterocycles. The SMILES string of the molecule is C.C=COCCCC.CC(=O)O[C@@]12CO[C@@H]1C[C@H](O)[C@@]1(C)C(=O)[C@H](C)C3=C(C)[C@@H](OC(=O)[C@H](O)[C@@H](NC(=O)c4ccccc4)c4ccccc4)C[C@@](O)([C@@H](OC(=O)c4ccccc4)[C@H]21)C3(C)C.CCCCCCCCCCCCCCCCCCOC(CBr)O[C@@H](C(=O)O[C@H]1C[C@@]2(O)[C@@H](OC(=O)c3ccccc3)[C@@H]3[C@]4(OC(C)=O)CO[C@@H]4C[C@H](O)[C@@]3(C)C(=O)[C@H](C)C(=C1C)C2(C)C)[C@@H](NC(=O)c1ccccc1)c1ccccc1. The van der Waals surface area contributed by atoms with Gasteiger partial charge in [0.2, 0.25) is 0 Å². The Kier molecular flexibility index (Phi) is 41.4. The van der Waals surface area contributed by atoms with Crippen LogP contribution >= 0.6 is 15.9 Å². The van der Waals surface area contributed by atoms with Crippen molar-refractivity contribution in [3.8, 4) is 0 Å². The molecule has 0 aromatic heterocycles. The van der Waals surface area contributed by atoms with Crippen molar-refractivity contribution in [2.75, 3.05) is 31.8 Å². The lowest BCUT2D eigenvalue weighted by atomic mass is 9.43. The second-order valence-electron chi connectivity index (χ2n) is 42.4. The molecule has 6 aliphatic carbocycles. The van der Waals surface area contributed by atoms with E-state index in [1.54, 1.807) is 233 Å². The first-order chi connectivity index (χ1) is 70.1. The molecule has 806 valence electrons. The van der Waals surface area contributed by atoms with E-state index in [9.17, 15) is 59.1 Å². The Balaban J connectivity index is 0.000000273. The number of aliphatic hydroxyl groups excluding tert-OH is 3. The number of halogens is 1. The van der Waals surface area contributed by atoms with E-state index in [1.165, 1.54) is 116 Å². The number of Topliss-reactive ketones (excluding diaryl/α,β-unsaturated/α-hetero) is 2. The molecule has 7 N–H and O–H groups in total. The number of hydrogen-bond acceptors (Lipinski definition) is 26. The number of hydrogen-bond donors (Lipinski definition) is 7. The van der Waals surface area contributed by atoms with E-state index in [1.807, 2.05) is 6.07 Å². The summed E-state index contributed by atoms with van der Waals surface area (Å²) < 4.78 is 68.0. The van der Waals surface area contributed by atoms with Crippen molar-refractivity contribution < 1.29 is 126 Å². The number of ketones is 2. The van der Waals surface area contributed by atoms with Crippen LogP contribution in [-0.2, 0) is 80.9 Å². The van der Waals surface area contributed by atoms with Gasteiger partial charge in [0.1, 0.15) is 59.4 Å². The summed E-state index contributed by atoms with van der Waals surface area (Å²) in [6, 6.07) is 48.2. The minimum absolute atomic E-state index is 0. The van der Waals surface area contributed by atoms with Gasteiger partial charge in [-0.15, -0.1) is 0 Å². The topological polar surface area (TPSA) is 397 Å². The van der Waals surface area contributed by atoms with Gasteiger partial charge in [-0.25, -0.2) is 19.2 Å². The lowest BCUT2D eigenvalue weighted by Gasteiger charge is -2.67. The molecule has 2 heterocycles. The average molecular weight is 2110 g/mol. The third kappa shape index (κ3) is 25.1. The fourth-order valence-electron chi connectivity index (χ4n) is 24.5. The highest BCUT2D eigenvalue weighted by atomic mass is 79.9. The van der Waals surface area contributed by atoms with Crippen LogP contribution in [0.4, 0.5) is 0 Å². The van der Waals surface area contributed by atoms with Crippen molar-refractivity contribution in [1.82, 2.24) is 10.6 Å². The monoisotopic (exact) mass is 2110 g/mol. The highest BCUT2D eigenvalue weighted by molar-refractivity contribution is 9.09. The fourth-order valence-corrected chi connectivity index (χ4v) is 24.8. The Labute approximate surface area is 881 Å². The van der Waals surface area contributed by atoms with Crippen LogP contribution in [0.1, 0.15) is 310 Å². The minimum atomic E-state index is -2.20. The number of fused-ring (bicyclic) bond motifs is 10. The van der Waals surface area contributed by atoms with Gasteiger partial charge in [-0.3, -0.25) is 28.8 Å². The van der Waals surface area contributed by atoms with Crippen molar-refractivity contribution in [2.24, 2.45) is 45.3 Å². The summed E-state index contributed by atoms with van der Waals surface area (Å²) in [5, 5.41) is 69.5. The Bertz CT molecular complexity index is 5530. The number of alkyl halides is 1. The van der Waals surface area contributed by atoms with Crippen LogP contribution in [0.3, 0.4) is 0 Å². The first-order valence-corrected chi connectivity index (χ1v) is 53.7. The lowest BCUT2D eigenvalue weighted by molar-refractivity contribution is -0.345. The molecule has 14 rings (SSSR count). The van der Waals surface area contributed by atoms with Crippen molar-refractivity contribution in [3.63, 3.8) is 0 Å². The van der Waals surface area contributed by atoms with Gasteiger partial charge in [0.05, 0.1) is 89.5 Å². The van der Waals surface area contributed by atoms with E-state index in [-0.39, 0.29) is 56.4 Å². The number of benzene rings is 6. The molecule has 148 heavy (non-hydrogen) atoms. The van der Waals surface area contributed by atoms with Gasteiger partial charge in [-0.1, -0.05) is 322 Å². The number of rotatable bonds is 43. The molecule has 0 spiro atoms. The molecule has 2 aliphatic heterocycles. The zero-order valence-electron chi connectivity index (χ0n) is 87.7. The predicted octanol–water partition coefficient (Wildman–Crippen LogP) is 19.5. The fraction of sp³-hybridized carbons (Fsp3) is 0.563. The Morgan fingerprint density at radius 1 is 0.473 bits per heavy atom. The third-order valence-electron chi connectivity index (χ3n) is 32.5. The van der Waals surface area contributed by atoms with Crippen LogP contribution in [-0.4, -0.2) is 206 Å². The summed E-state index contributed by atoms with van der Waals surface area (Å²) in [5.41, 5.74) is -10.3. The molecule has 4 saturated carbocycles.